The van der Waals surface area contributed by atoms with Gasteiger partial charge in [-0.05, 0) is 51.7 Å². The molecule has 3 aromatic carbocycles. The van der Waals surface area contributed by atoms with Crippen LogP contribution in [-0.4, -0.2) is 27.3 Å². The van der Waals surface area contributed by atoms with Crippen LogP contribution in [0.25, 0.3) is 0 Å². The van der Waals surface area contributed by atoms with Crippen LogP contribution < -0.4 is 10.4 Å². The minimum Gasteiger partial charge on any atom is -0.407 e. The van der Waals surface area contributed by atoms with Gasteiger partial charge >= 0.3 is 0 Å². The number of Topliss-reactive ketones (excluding diaryl/α,β-unsaturated/α-hetero) is 1. The Hall–Kier alpha value is -2.79. The van der Waals surface area contributed by atoms with Crippen LogP contribution >= 0.6 is 0 Å². The van der Waals surface area contributed by atoms with Crippen molar-refractivity contribution < 1.29 is 14.0 Å². The minimum absolute atomic E-state index is 0.0391. The van der Waals surface area contributed by atoms with Crippen LogP contribution in [0.15, 0.2) is 103 Å². The molecule has 4 heteroatoms. The summed E-state index contributed by atoms with van der Waals surface area (Å²) in [5.41, 5.74) is 2.13. The highest BCUT2D eigenvalue weighted by atomic mass is 28.4. The Bertz CT molecular complexity index is 1110. The molecule has 0 amide bonds. The quantitative estimate of drug-likeness (QED) is 0.218. The van der Waals surface area contributed by atoms with Crippen molar-refractivity contribution in [2.24, 2.45) is 5.92 Å². The molecule has 0 fully saturated rings. The molecule has 0 radical (unpaired) electrons. The molecule has 0 bridgehead atoms. The first-order chi connectivity index (χ1) is 17.9. The Morgan fingerprint density at radius 1 is 0.838 bits per heavy atom. The van der Waals surface area contributed by atoms with Crippen molar-refractivity contribution in [2.75, 3.05) is 13.2 Å². The van der Waals surface area contributed by atoms with E-state index in [4.69, 9.17) is 9.16 Å². The Labute approximate surface area is 223 Å². The summed E-state index contributed by atoms with van der Waals surface area (Å²) in [7, 11) is -2.53. The lowest BCUT2D eigenvalue weighted by atomic mass is 9.87. The van der Waals surface area contributed by atoms with Crippen LogP contribution in [0.4, 0.5) is 0 Å². The number of carbonyl (C=O) groups excluding carboxylic acids is 1. The summed E-state index contributed by atoms with van der Waals surface area (Å²) >= 11 is 0. The van der Waals surface area contributed by atoms with Gasteiger partial charge in [0, 0.05) is 13.0 Å². The summed E-state index contributed by atoms with van der Waals surface area (Å²) in [5.74, 6) is 0.540. The van der Waals surface area contributed by atoms with Crippen LogP contribution in [0.1, 0.15) is 52.0 Å². The van der Waals surface area contributed by atoms with E-state index in [9.17, 15) is 4.79 Å². The Kier molecular flexibility index (Phi) is 9.31. The third-order valence-corrected chi connectivity index (χ3v) is 12.4. The van der Waals surface area contributed by atoms with Crippen LogP contribution in [0.5, 0.6) is 0 Å². The van der Waals surface area contributed by atoms with Crippen molar-refractivity contribution >= 4 is 24.5 Å². The summed E-state index contributed by atoms with van der Waals surface area (Å²) in [6, 6.07) is 31.7. The summed E-state index contributed by atoms with van der Waals surface area (Å²) in [5, 5.41) is 2.54. The van der Waals surface area contributed by atoms with E-state index < -0.39 is 8.32 Å². The molecule has 0 aromatic heterocycles. The second-order valence-corrected chi connectivity index (χ2v) is 15.4. The van der Waals surface area contributed by atoms with Crippen molar-refractivity contribution in [3.05, 3.63) is 108 Å². The highest BCUT2D eigenvalue weighted by Crippen LogP contribution is 2.37. The largest absolute Gasteiger partial charge is 0.407 e. The molecule has 1 aliphatic carbocycles. The molecule has 4 rings (SSSR count). The number of hydrogen-bond donors (Lipinski definition) is 0. The van der Waals surface area contributed by atoms with Crippen LogP contribution in [0.2, 0.25) is 5.04 Å². The van der Waals surface area contributed by atoms with Gasteiger partial charge in [0.1, 0.15) is 0 Å². The van der Waals surface area contributed by atoms with Crippen LogP contribution in [0.3, 0.4) is 0 Å². The number of benzene rings is 3. The SMILES string of the molecule is CC(C)(C)[Si](OCCCC1=CCC(COCc2ccccc2)CC1=O)(c1ccccc1)c1ccccc1. The molecule has 37 heavy (non-hydrogen) atoms. The van der Waals surface area contributed by atoms with Gasteiger partial charge in [-0.15, -0.1) is 0 Å². The molecule has 0 saturated carbocycles. The molecule has 1 aliphatic rings. The van der Waals surface area contributed by atoms with Gasteiger partial charge in [-0.1, -0.05) is 118 Å². The molecular formula is C33H40O3Si. The summed E-state index contributed by atoms with van der Waals surface area (Å²) in [6.07, 6.45) is 5.25. The van der Waals surface area contributed by atoms with Crippen molar-refractivity contribution in [3.63, 3.8) is 0 Å². The second kappa shape index (κ2) is 12.6. The van der Waals surface area contributed by atoms with E-state index in [2.05, 4.69) is 99.6 Å². The maximum absolute atomic E-state index is 12.9. The lowest BCUT2D eigenvalue weighted by Crippen LogP contribution is -2.66. The Morgan fingerprint density at radius 2 is 1.41 bits per heavy atom. The van der Waals surface area contributed by atoms with Gasteiger partial charge in [0.25, 0.3) is 8.32 Å². The number of ketones is 1. The van der Waals surface area contributed by atoms with Crippen molar-refractivity contribution in [1.82, 2.24) is 0 Å². The van der Waals surface area contributed by atoms with Crippen LogP contribution in [0, 0.1) is 5.92 Å². The van der Waals surface area contributed by atoms with Crippen molar-refractivity contribution in [3.8, 4) is 0 Å². The van der Waals surface area contributed by atoms with E-state index >= 15 is 0 Å². The van der Waals surface area contributed by atoms with Crippen molar-refractivity contribution in [2.45, 2.75) is 58.1 Å². The molecule has 0 heterocycles. The first-order valence-electron chi connectivity index (χ1n) is 13.5. The molecule has 3 aromatic rings. The summed E-state index contributed by atoms with van der Waals surface area (Å²) < 4.78 is 12.9. The van der Waals surface area contributed by atoms with Gasteiger partial charge in [0.2, 0.25) is 0 Å². The van der Waals surface area contributed by atoms with Crippen molar-refractivity contribution in [1.29, 1.82) is 0 Å². The standard InChI is InChI=1S/C33H40O3Si/c1-33(2,3)37(30-17-9-5-10-18-30,31-19-11-6-12-20-31)36-23-13-16-29-22-21-28(24-32(29)34)26-35-25-27-14-7-4-8-15-27/h4-12,14-15,17-20,22,28H,13,16,21,23-26H2,1-3H3. The Morgan fingerprint density at radius 3 is 1.95 bits per heavy atom. The van der Waals surface area contributed by atoms with Crippen LogP contribution in [-0.2, 0) is 20.6 Å². The number of carbonyl (C=O) groups is 1. The molecule has 1 atom stereocenters. The number of rotatable bonds is 11. The maximum Gasteiger partial charge on any atom is 0.261 e. The fourth-order valence-corrected chi connectivity index (χ4v) is 10.0. The maximum atomic E-state index is 12.9. The smallest absolute Gasteiger partial charge is 0.261 e. The molecule has 1 unspecified atom stereocenters. The van der Waals surface area contributed by atoms with Gasteiger partial charge in [-0.3, -0.25) is 4.79 Å². The normalized spacial score (nSPS) is 16.5. The van der Waals surface area contributed by atoms with E-state index in [-0.39, 0.29) is 16.7 Å². The topological polar surface area (TPSA) is 35.5 Å². The van der Waals surface area contributed by atoms with Gasteiger partial charge in [0.15, 0.2) is 5.78 Å². The fourth-order valence-electron chi connectivity index (χ4n) is 5.43. The minimum atomic E-state index is -2.53. The number of hydrogen-bond acceptors (Lipinski definition) is 3. The molecule has 0 aliphatic heterocycles. The fraction of sp³-hybridized carbons (Fsp3) is 0.364. The first-order valence-corrected chi connectivity index (χ1v) is 15.4. The summed E-state index contributed by atoms with van der Waals surface area (Å²) in [4.78, 5) is 12.9. The molecule has 0 saturated heterocycles. The van der Waals surface area contributed by atoms with E-state index in [1.165, 1.54) is 15.9 Å². The highest BCUT2D eigenvalue weighted by Gasteiger charge is 2.49. The predicted molar refractivity (Wildman–Crippen MR) is 155 cm³/mol. The molecule has 0 N–H and O–H groups in total. The highest BCUT2D eigenvalue weighted by molar-refractivity contribution is 6.99. The predicted octanol–water partition coefficient (Wildman–Crippen LogP) is 6.47. The van der Waals surface area contributed by atoms with Gasteiger partial charge in [-0.25, -0.2) is 0 Å². The average molecular weight is 513 g/mol. The molecule has 3 nitrogen and oxygen atoms in total. The Balaban J connectivity index is 1.36. The number of allylic oxidation sites excluding steroid dienone is 2. The van der Waals surface area contributed by atoms with Gasteiger partial charge in [-0.2, -0.15) is 0 Å². The lowest BCUT2D eigenvalue weighted by Gasteiger charge is -2.43. The third-order valence-electron chi connectivity index (χ3n) is 7.32. The zero-order valence-corrected chi connectivity index (χ0v) is 23.5. The van der Waals surface area contributed by atoms with Gasteiger partial charge in [0.05, 0.1) is 13.2 Å². The number of ether oxygens (including phenoxy) is 1. The first kappa shape index (κ1) is 27.2. The van der Waals surface area contributed by atoms with E-state index in [0.29, 0.717) is 26.2 Å². The van der Waals surface area contributed by atoms with Gasteiger partial charge < -0.3 is 9.16 Å². The monoisotopic (exact) mass is 512 g/mol. The zero-order chi connectivity index (χ0) is 26.1. The average Bonchev–Trinajstić information content (AvgIpc) is 2.91. The molecule has 194 valence electrons. The second-order valence-electron chi connectivity index (χ2n) is 11.1. The zero-order valence-electron chi connectivity index (χ0n) is 22.5. The third kappa shape index (κ3) is 6.75. The summed E-state index contributed by atoms with van der Waals surface area (Å²) in [6.45, 7) is 8.76. The molecule has 0 spiro atoms. The van der Waals surface area contributed by atoms with E-state index in [1.807, 2.05) is 18.2 Å². The van der Waals surface area contributed by atoms with E-state index in [1.54, 1.807) is 0 Å². The molecular weight excluding hydrogens is 472 g/mol. The lowest BCUT2D eigenvalue weighted by molar-refractivity contribution is -0.117. The van der Waals surface area contributed by atoms with E-state index in [0.717, 1.165) is 24.8 Å².